The lowest BCUT2D eigenvalue weighted by atomic mass is 10.0. The topological polar surface area (TPSA) is 152 Å². The number of sulfonamides is 1. The third-order valence-electron chi connectivity index (χ3n) is 7.41. The Morgan fingerprint density at radius 1 is 0.843 bits per heavy atom. The number of alkyl carbamates (subject to hydrolysis) is 1. The fourth-order valence-electron chi connectivity index (χ4n) is 4.85. The van der Waals surface area contributed by atoms with Crippen molar-refractivity contribution in [2.75, 3.05) is 26.3 Å². The average molecular weight is 770 g/mol. The molecule has 3 N–H and O–H groups in total. The zero-order valence-corrected chi connectivity index (χ0v) is 31.1. The van der Waals surface area contributed by atoms with E-state index in [9.17, 15) is 27.2 Å². The van der Waals surface area contributed by atoms with Crippen molar-refractivity contribution in [3.05, 3.63) is 99.8 Å². The van der Waals surface area contributed by atoms with Crippen LogP contribution in [-0.2, 0) is 46.9 Å². The van der Waals surface area contributed by atoms with Crippen LogP contribution in [0.3, 0.4) is 0 Å². The van der Waals surface area contributed by atoms with E-state index in [-0.39, 0.29) is 30.6 Å². The van der Waals surface area contributed by atoms with Gasteiger partial charge in [0.05, 0.1) is 6.54 Å². The van der Waals surface area contributed by atoms with E-state index in [2.05, 4.69) is 15.4 Å². The fourth-order valence-corrected chi connectivity index (χ4v) is 6.24. The van der Waals surface area contributed by atoms with Crippen LogP contribution in [-0.4, -0.2) is 81.9 Å². The summed E-state index contributed by atoms with van der Waals surface area (Å²) >= 11 is 11.9. The molecule has 278 valence electrons. The second-order valence-electron chi connectivity index (χ2n) is 11.5. The van der Waals surface area contributed by atoms with Gasteiger partial charge < -0.3 is 29.7 Å². The summed E-state index contributed by atoms with van der Waals surface area (Å²) in [4.78, 5) is 41.9. The molecule has 51 heavy (non-hydrogen) atoms. The quantitative estimate of drug-likeness (QED) is 0.143. The number of carbonyl (C=O) groups is 3. The highest BCUT2D eigenvalue weighted by molar-refractivity contribution is 7.89. The Bertz CT molecular complexity index is 1700. The molecule has 0 aromatic heterocycles. The maximum absolute atomic E-state index is 14.6. The highest BCUT2D eigenvalue weighted by atomic mass is 35.5. The largest absolute Gasteiger partial charge is 0.445 e. The predicted molar refractivity (Wildman–Crippen MR) is 191 cm³/mol. The van der Waals surface area contributed by atoms with E-state index in [1.165, 1.54) is 11.0 Å². The van der Waals surface area contributed by atoms with Crippen molar-refractivity contribution in [3.8, 4) is 0 Å². The Labute approximate surface area is 308 Å². The number of nitrogens with one attached hydrogen (secondary N) is 3. The van der Waals surface area contributed by atoms with Gasteiger partial charge in [-0.05, 0) is 69.2 Å². The molecule has 3 amide bonds. The Balaban J connectivity index is 1.92. The minimum Gasteiger partial charge on any atom is -0.445 e. The number of hydrogen-bond donors (Lipinski definition) is 3. The monoisotopic (exact) mass is 768 g/mol. The molecule has 0 fully saturated rings. The van der Waals surface area contributed by atoms with Crippen LogP contribution < -0.4 is 15.4 Å². The van der Waals surface area contributed by atoms with Crippen LogP contribution in [0.4, 0.5) is 9.18 Å². The number of ether oxygens (including phenoxy) is 3. The summed E-state index contributed by atoms with van der Waals surface area (Å²) in [5.41, 5.74) is 1.31. The van der Waals surface area contributed by atoms with E-state index in [1.807, 2.05) is 0 Å². The molecule has 0 heterocycles. The zero-order valence-electron chi connectivity index (χ0n) is 28.7. The van der Waals surface area contributed by atoms with Crippen molar-refractivity contribution >= 4 is 51.1 Å². The Morgan fingerprint density at radius 2 is 1.47 bits per heavy atom. The standard InChI is InChI=1S/C35H43Cl2FN4O8S/c1-5-48-32(49-6-2)21-42(23(3)4)34(44)29(18-24-12-14-26(36)15-13-24)40-33(43)30(41-35(45)50-22-25-10-8-7-9-11-25)20-39-51(46,47)31-17-16-27(37)19-28(31)38/h7-17,19,23,29-30,32,39H,5-6,18,20-22H2,1-4H3,(H,40,43)(H,41,45). The van der Waals surface area contributed by atoms with E-state index >= 15 is 0 Å². The Morgan fingerprint density at radius 3 is 2.06 bits per heavy atom. The first-order valence-electron chi connectivity index (χ1n) is 16.2. The Kier molecular flexibility index (Phi) is 16.6. The van der Waals surface area contributed by atoms with E-state index < -0.39 is 63.6 Å². The smallest absolute Gasteiger partial charge is 0.408 e. The van der Waals surface area contributed by atoms with Gasteiger partial charge in [0.1, 0.15) is 29.4 Å². The van der Waals surface area contributed by atoms with Crippen molar-refractivity contribution in [1.29, 1.82) is 0 Å². The molecule has 2 atom stereocenters. The van der Waals surface area contributed by atoms with Gasteiger partial charge in [0.15, 0.2) is 6.29 Å². The molecule has 0 saturated carbocycles. The van der Waals surface area contributed by atoms with Crippen LogP contribution in [0.25, 0.3) is 0 Å². The summed E-state index contributed by atoms with van der Waals surface area (Å²) in [5.74, 6) is -2.54. The molecule has 0 aliphatic heterocycles. The number of benzene rings is 3. The molecule has 3 aromatic rings. The molecule has 12 nitrogen and oxygen atoms in total. The van der Waals surface area contributed by atoms with Gasteiger partial charge in [0.2, 0.25) is 21.8 Å². The molecular weight excluding hydrogens is 726 g/mol. The lowest BCUT2D eigenvalue weighted by molar-refractivity contribution is -0.163. The minimum absolute atomic E-state index is 0.00574. The van der Waals surface area contributed by atoms with Gasteiger partial charge in [-0.15, -0.1) is 0 Å². The minimum atomic E-state index is -4.55. The average Bonchev–Trinajstić information content (AvgIpc) is 3.08. The van der Waals surface area contributed by atoms with Crippen LogP contribution in [0.1, 0.15) is 38.8 Å². The lowest BCUT2D eigenvalue weighted by Crippen LogP contribution is -2.59. The van der Waals surface area contributed by atoms with Crippen LogP contribution in [0.15, 0.2) is 77.7 Å². The fraction of sp³-hybridized carbons (Fsp3) is 0.400. The maximum atomic E-state index is 14.6. The first-order valence-corrected chi connectivity index (χ1v) is 18.5. The highest BCUT2D eigenvalue weighted by Gasteiger charge is 2.33. The number of hydrogen-bond acceptors (Lipinski definition) is 8. The number of halogens is 3. The SMILES string of the molecule is CCOC(CN(C(=O)C(Cc1ccc(Cl)cc1)NC(=O)C(CNS(=O)(=O)c1ccc(Cl)cc1F)NC(=O)OCc1ccccc1)C(C)C)OCC. The van der Waals surface area contributed by atoms with Gasteiger partial charge in [-0.3, -0.25) is 9.59 Å². The van der Waals surface area contributed by atoms with E-state index in [0.29, 0.717) is 29.4 Å². The molecule has 3 rings (SSSR count). The molecule has 3 aromatic carbocycles. The summed E-state index contributed by atoms with van der Waals surface area (Å²) < 4.78 is 59.6. The second kappa shape index (κ2) is 20.3. The van der Waals surface area contributed by atoms with Gasteiger partial charge in [-0.2, -0.15) is 0 Å². The van der Waals surface area contributed by atoms with Crippen molar-refractivity contribution in [3.63, 3.8) is 0 Å². The normalized spacial score (nSPS) is 12.7. The second-order valence-corrected chi connectivity index (χ2v) is 14.1. The van der Waals surface area contributed by atoms with Crippen LogP contribution in [0, 0.1) is 5.82 Å². The van der Waals surface area contributed by atoms with Crippen LogP contribution in [0.2, 0.25) is 10.0 Å². The molecule has 0 saturated heterocycles. The number of rotatable bonds is 19. The molecule has 0 aliphatic rings. The van der Waals surface area contributed by atoms with Crippen LogP contribution >= 0.6 is 23.2 Å². The van der Waals surface area contributed by atoms with E-state index in [4.69, 9.17) is 37.4 Å². The van der Waals surface area contributed by atoms with E-state index in [0.717, 1.165) is 12.1 Å². The third-order valence-corrected chi connectivity index (χ3v) is 9.35. The van der Waals surface area contributed by atoms with Crippen molar-refractivity contribution in [2.24, 2.45) is 0 Å². The number of nitrogens with zero attached hydrogens (tertiary/aromatic N) is 1. The summed E-state index contributed by atoms with van der Waals surface area (Å²) in [6.45, 7) is 7.02. The van der Waals surface area contributed by atoms with Gasteiger partial charge in [-0.25, -0.2) is 22.3 Å². The zero-order chi connectivity index (χ0) is 37.6. The van der Waals surface area contributed by atoms with Gasteiger partial charge in [0, 0.05) is 42.3 Å². The summed E-state index contributed by atoms with van der Waals surface area (Å²) in [6.07, 6.45) is -1.78. The first-order chi connectivity index (χ1) is 24.2. The van der Waals surface area contributed by atoms with Crippen molar-refractivity contribution < 1.29 is 41.4 Å². The van der Waals surface area contributed by atoms with Gasteiger partial charge in [-0.1, -0.05) is 65.7 Å². The maximum Gasteiger partial charge on any atom is 0.408 e. The highest BCUT2D eigenvalue weighted by Crippen LogP contribution is 2.19. The Hall–Kier alpha value is -3.79. The molecule has 0 spiro atoms. The van der Waals surface area contributed by atoms with Crippen LogP contribution in [0.5, 0.6) is 0 Å². The molecule has 2 unspecified atom stereocenters. The molecule has 0 bridgehead atoms. The molecular formula is C35H43Cl2FN4O8S. The summed E-state index contributed by atoms with van der Waals surface area (Å²) in [6, 6.07) is 15.2. The third kappa shape index (κ3) is 13.4. The molecule has 0 aliphatic carbocycles. The van der Waals surface area contributed by atoms with Crippen molar-refractivity contribution in [1.82, 2.24) is 20.3 Å². The number of amides is 3. The van der Waals surface area contributed by atoms with E-state index in [1.54, 1.807) is 82.3 Å². The molecule has 0 radical (unpaired) electrons. The lowest BCUT2D eigenvalue weighted by Gasteiger charge is -2.34. The van der Waals surface area contributed by atoms with Gasteiger partial charge >= 0.3 is 6.09 Å². The number of carbonyl (C=O) groups excluding carboxylic acids is 3. The first kappa shape index (κ1) is 41.6. The summed E-state index contributed by atoms with van der Waals surface area (Å²) in [5, 5.41) is 5.50. The van der Waals surface area contributed by atoms with Gasteiger partial charge in [0.25, 0.3) is 0 Å². The predicted octanol–water partition coefficient (Wildman–Crippen LogP) is 5.07. The molecule has 16 heteroatoms. The summed E-state index contributed by atoms with van der Waals surface area (Å²) in [7, 11) is -4.55. The van der Waals surface area contributed by atoms with Crippen molar-refractivity contribution in [2.45, 2.75) is 70.0 Å².